The second-order valence-electron chi connectivity index (χ2n) is 6.89. The fourth-order valence-corrected chi connectivity index (χ4v) is 2.53. The highest BCUT2D eigenvalue weighted by atomic mass is 19.4. The molecule has 29 heavy (non-hydrogen) atoms. The maximum atomic E-state index is 12.9. The van der Waals surface area contributed by atoms with Gasteiger partial charge in [-0.05, 0) is 44.7 Å². The van der Waals surface area contributed by atoms with Gasteiger partial charge in [-0.3, -0.25) is 0 Å². The smallest absolute Gasteiger partial charge is 0.351 e. The third-order valence-electron chi connectivity index (χ3n) is 4.43. The Bertz CT molecular complexity index is 864. The van der Waals surface area contributed by atoms with Gasteiger partial charge in [0.15, 0.2) is 5.82 Å². The third-order valence-corrected chi connectivity index (χ3v) is 4.43. The van der Waals surface area contributed by atoms with E-state index in [2.05, 4.69) is 30.6 Å². The van der Waals surface area contributed by atoms with E-state index in [1.807, 2.05) is 6.92 Å². The van der Waals surface area contributed by atoms with Crippen molar-refractivity contribution in [1.29, 1.82) is 0 Å². The minimum absolute atomic E-state index is 0.0366. The van der Waals surface area contributed by atoms with Crippen LogP contribution in [0, 0.1) is 5.92 Å². The molecule has 0 spiro atoms. The number of hydrogen-bond acceptors (Lipinski definition) is 6. The molecule has 0 radical (unpaired) electrons. The highest BCUT2D eigenvalue weighted by Crippen LogP contribution is 2.34. The molecule has 1 aliphatic rings. The van der Waals surface area contributed by atoms with Crippen LogP contribution in [0.4, 0.5) is 38.2 Å². The van der Waals surface area contributed by atoms with Gasteiger partial charge in [-0.25, -0.2) is 4.98 Å². The molecule has 2 N–H and O–H groups in total. The summed E-state index contributed by atoms with van der Waals surface area (Å²) in [5.74, 6) is -0.337. The minimum atomic E-state index is -4.68. The van der Waals surface area contributed by atoms with Crippen LogP contribution in [-0.2, 0) is 6.18 Å². The first-order valence-electron chi connectivity index (χ1n) is 8.84. The van der Waals surface area contributed by atoms with Gasteiger partial charge < -0.3 is 10.6 Å². The Labute approximate surface area is 162 Å². The molecule has 1 saturated carbocycles. The molecule has 2 unspecified atom stereocenters. The van der Waals surface area contributed by atoms with E-state index in [-0.39, 0.29) is 23.5 Å². The molecule has 2 aromatic rings. The third kappa shape index (κ3) is 5.45. The van der Waals surface area contributed by atoms with E-state index < -0.39 is 30.0 Å². The van der Waals surface area contributed by atoms with E-state index in [0.29, 0.717) is 5.92 Å². The summed E-state index contributed by atoms with van der Waals surface area (Å²) in [7, 11) is 0. The number of aromatic nitrogens is 4. The molecule has 158 valence electrons. The van der Waals surface area contributed by atoms with Crippen LogP contribution in [0.15, 0.2) is 18.2 Å². The van der Waals surface area contributed by atoms with Crippen molar-refractivity contribution in [2.45, 2.75) is 51.1 Å². The van der Waals surface area contributed by atoms with Gasteiger partial charge in [0, 0.05) is 6.04 Å². The Morgan fingerprint density at radius 1 is 0.897 bits per heavy atom. The van der Waals surface area contributed by atoms with Gasteiger partial charge in [0.1, 0.15) is 17.4 Å². The van der Waals surface area contributed by atoms with E-state index in [1.165, 1.54) is 6.07 Å². The molecule has 6 nitrogen and oxygen atoms in total. The Balaban J connectivity index is 1.97. The molecule has 0 bridgehead atoms. The minimum Gasteiger partial charge on any atom is -0.351 e. The van der Waals surface area contributed by atoms with Crippen LogP contribution in [0.5, 0.6) is 0 Å². The highest BCUT2D eigenvalue weighted by Gasteiger charge is 2.37. The molecule has 3 rings (SSSR count). The van der Waals surface area contributed by atoms with Crippen molar-refractivity contribution in [2.75, 3.05) is 10.6 Å². The number of rotatable bonds is 6. The summed E-state index contributed by atoms with van der Waals surface area (Å²) in [4.78, 5) is 15.3. The number of nitrogens with one attached hydrogen (secondary N) is 2. The first kappa shape index (κ1) is 21.1. The lowest BCUT2D eigenvalue weighted by Gasteiger charge is -2.19. The summed E-state index contributed by atoms with van der Waals surface area (Å²) in [6.45, 7) is 2.75. The first-order chi connectivity index (χ1) is 13.4. The summed E-state index contributed by atoms with van der Waals surface area (Å²) >= 11 is 0. The number of anilines is 2. The zero-order valence-electron chi connectivity index (χ0n) is 15.4. The van der Waals surface area contributed by atoms with E-state index in [4.69, 9.17) is 0 Å². The van der Waals surface area contributed by atoms with Crippen molar-refractivity contribution in [2.24, 2.45) is 5.92 Å². The van der Waals surface area contributed by atoms with Crippen molar-refractivity contribution in [3.8, 4) is 11.5 Å². The zero-order valence-corrected chi connectivity index (χ0v) is 15.4. The van der Waals surface area contributed by atoms with Crippen LogP contribution < -0.4 is 10.6 Å². The molecule has 0 amide bonds. The topological polar surface area (TPSA) is 75.6 Å². The predicted octanol–water partition coefficient (Wildman–Crippen LogP) is 4.53. The van der Waals surface area contributed by atoms with Gasteiger partial charge in [-0.15, -0.1) is 0 Å². The Kier molecular flexibility index (Phi) is 5.54. The average molecular weight is 420 g/mol. The van der Waals surface area contributed by atoms with Crippen molar-refractivity contribution >= 4 is 11.9 Å². The molecule has 2 atom stereocenters. The number of halogens is 6. The fourth-order valence-electron chi connectivity index (χ4n) is 2.53. The Hall–Kier alpha value is -2.66. The molecule has 0 aromatic carbocycles. The molecular weight excluding hydrogens is 402 g/mol. The fraction of sp³-hybridized carbons (Fsp3) is 0.529. The standard InChI is InChI=1S/C17H18F6N6/c1-8(10-6-7-10)24-14-27-13(11-4-3-5-12(26-11)17(21,22)23)28-15(29-14)25-9(2)16(18,19)20/h3-5,8-10H,6-7H2,1-2H3,(H2,24,25,27,28,29). The Morgan fingerprint density at radius 2 is 1.52 bits per heavy atom. The van der Waals surface area contributed by atoms with Gasteiger partial charge in [0.05, 0.1) is 0 Å². The summed E-state index contributed by atoms with van der Waals surface area (Å²) in [6, 6.07) is 1.13. The molecule has 1 aliphatic carbocycles. The number of alkyl halides is 6. The normalized spacial score (nSPS) is 17.0. The average Bonchev–Trinajstić information content (AvgIpc) is 3.45. The maximum absolute atomic E-state index is 12.9. The molecular formula is C17H18F6N6. The van der Waals surface area contributed by atoms with E-state index in [1.54, 1.807) is 0 Å². The van der Waals surface area contributed by atoms with Crippen LogP contribution in [0.3, 0.4) is 0 Å². The molecule has 2 aromatic heterocycles. The summed E-state index contributed by atoms with van der Waals surface area (Å²) in [5.41, 5.74) is -1.39. The number of hydrogen-bond donors (Lipinski definition) is 2. The van der Waals surface area contributed by atoms with Gasteiger partial charge >= 0.3 is 12.4 Å². The maximum Gasteiger partial charge on any atom is 0.433 e. The number of nitrogens with zero attached hydrogens (tertiary/aromatic N) is 4. The van der Waals surface area contributed by atoms with Crippen LogP contribution in [0.1, 0.15) is 32.4 Å². The lowest BCUT2D eigenvalue weighted by atomic mass is 10.2. The van der Waals surface area contributed by atoms with Crippen LogP contribution in [-0.4, -0.2) is 38.2 Å². The molecule has 0 saturated heterocycles. The number of pyridine rings is 1. The monoisotopic (exact) mass is 420 g/mol. The summed E-state index contributed by atoms with van der Waals surface area (Å²) in [5, 5.41) is 5.10. The van der Waals surface area contributed by atoms with Crippen molar-refractivity contribution in [3.05, 3.63) is 23.9 Å². The Morgan fingerprint density at radius 3 is 2.07 bits per heavy atom. The van der Waals surface area contributed by atoms with Gasteiger partial charge in [0.25, 0.3) is 0 Å². The quantitative estimate of drug-likeness (QED) is 0.669. The van der Waals surface area contributed by atoms with E-state index in [9.17, 15) is 26.3 Å². The first-order valence-corrected chi connectivity index (χ1v) is 8.84. The van der Waals surface area contributed by atoms with Crippen LogP contribution in [0.2, 0.25) is 0 Å². The van der Waals surface area contributed by atoms with Gasteiger partial charge in [0.2, 0.25) is 11.9 Å². The summed E-state index contributed by atoms with van der Waals surface area (Å²) < 4.78 is 77.5. The molecule has 0 aliphatic heterocycles. The molecule has 12 heteroatoms. The van der Waals surface area contributed by atoms with Crippen molar-refractivity contribution in [3.63, 3.8) is 0 Å². The van der Waals surface area contributed by atoms with Crippen molar-refractivity contribution in [1.82, 2.24) is 19.9 Å². The van der Waals surface area contributed by atoms with Gasteiger partial charge in [-0.1, -0.05) is 6.07 Å². The predicted molar refractivity (Wildman–Crippen MR) is 93.0 cm³/mol. The SMILES string of the molecule is CC(Nc1nc(NC(C)C(F)(F)F)nc(-c2cccc(C(F)(F)F)n2)n1)C1CC1. The van der Waals surface area contributed by atoms with Gasteiger partial charge in [-0.2, -0.15) is 41.3 Å². The molecule has 1 fully saturated rings. The van der Waals surface area contributed by atoms with E-state index >= 15 is 0 Å². The second kappa shape index (κ2) is 7.64. The largest absolute Gasteiger partial charge is 0.433 e. The summed E-state index contributed by atoms with van der Waals surface area (Å²) in [6.07, 6.45) is -7.25. The van der Waals surface area contributed by atoms with Crippen LogP contribution in [0.25, 0.3) is 11.5 Å². The van der Waals surface area contributed by atoms with E-state index in [0.717, 1.165) is 31.9 Å². The lowest BCUT2D eigenvalue weighted by Crippen LogP contribution is -2.34. The zero-order chi connectivity index (χ0) is 21.4. The highest BCUT2D eigenvalue weighted by molar-refractivity contribution is 5.54. The second-order valence-corrected chi connectivity index (χ2v) is 6.89. The lowest BCUT2D eigenvalue weighted by molar-refractivity contribution is -0.141. The van der Waals surface area contributed by atoms with Crippen molar-refractivity contribution < 1.29 is 26.3 Å². The molecule has 2 heterocycles. The van der Waals surface area contributed by atoms with Crippen LogP contribution >= 0.6 is 0 Å².